The van der Waals surface area contributed by atoms with Crippen LogP contribution in [0.3, 0.4) is 0 Å². The van der Waals surface area contributed by atoms with E-state index in [0.717, 1.165) is 25.2 Å². The highest BCUT2D eigenvalue weighted by atomic mass is 35.5. The van der Waals surface area contributed by atoms with Crippen LogP contribution in [0.15, 0.2) is 48.5 Å². The summed E-state index contributed by atoms with van der Waals surface area (Å²) in [6, 6.07) is 15.6. The molecule has 0 radical (unpaired) electrons. The Labute approximate surface area is 124 Å². The molecule has 2 aromatic carbocycles. The fraction of sp³-hybridized carbons (Fsp3) is 0.235. The van der Waals surface area contributed by atoms with Crippen LogP contribution in [0.4, 0.5) is 0 Å². The third-order valence-corrected chi connectivity index (χ3v) is 3.98. The Kier molecular flexibility index (Phi) is 3.86. The van der Waals surface area contributed by atoms with Crippen LogP contribution in [0.2, 0.25) is 5.02 Å². The van der Waals surface area contributed by atoms with E-state index in [-0.39, 0.29) is 5.78 Å². The number of fused-ring (bicyclic) bond motifs is 1. The van der Waals surface area contributed by atoms with Gasteiger partial charge in [0.15, 0.2) is 5.78 Å². The van der Waals surface area contributed by atoms with Crippen molar-refractivity contribution in [1.82, 2.24) is 4.90 Å². The quantitative estimate of drug-likeness (QED) is 0.794. The van der Waals surface area contributed by atoms with Crippen molar-refractivity contribution in [3.63, 3.8) is 0 Å². The molecule has 0 amide bonds. The molecule has 0 aromatic heterocycles. The van der Waals surface area contributed by atoms with Crippen molar-refractivity contribution in [1.29, 1.82) is 0 Å². The molecule has 0 spiro atoms. The Balaban J connectivity index is 1.56. The maximum atomic E-state index is 12.1. The lowest BCUT2D eigenvalue weighted by molar-refractivity contribution is 0.0963. The molecule has 1 aliphatic rings. The Morgan fingerprint density at radius 3 is 2.20 bits per heavy atom. The zero-order valence-corrected chi connectivity index (χ0v) is 11.9. The number of ketones is 1. The van der Waals surface area contributed by atoms with Crippen molar-refractivity contribution in [2.45, 2.75) is 19.5 Å². The second-order valence-corrected chi connectivity index (χ2v) is 5.60. The topological polar surface area (TPSA) is 20.3 Å². The highest BCUT2D eigenvalue weighted by Crippen LogP contribution is 2.22. The van der Waals surface area contributed by atoms with E-state index in [2.05, 4.69) is 29.2 Å². The molecule has 1 heterocycles. The third-order valence-electron chi connectivity index (χ3n) is 3.73. The summed E-state index contributed by atoms with van der Waals surface area (Å²) in [5, 5.41) is 0.663. The van der Waals surface area contributed by atoms with E-state index in [1.54, 1.807) is 24.3 Å². The van der Waals surface area contributed by atoms with Gasteiger partial charge in [-0.05, 0) is 35.4 Å². The maximum absolute atomic E-state index is 12.1. The first-order valence-corrected chi connectivity index (χ1v) is 7.18. The maximum Gasteiger partial charge on any atom is 0.164 e. The summed E-state index contributed by atoms with van der Waals surface area (Å²) in [7, 11) is 0. The molecular formula is C17H16ClNO. The molecular weight excluding hydrogens is 270 g/mol. The van der Waals surface area contributed by atoms with Gasteiger partial charge in [-0.25, -0.2) is 0 Å². The molecule has 20 heavy (non-hydrogen) atoms. The second kappa shape index (κ2) is 5.78. The first kappa shape index (κ1) is 13.3. The number of benzene rings is 2. The summed E-state index contributed by atoms with van der Waals surface area (Å²) in [5.74, 6) is 0.178. The molecule has 0 unspecified atom stereocenters. The number of halogens is 1. The molecule has 3 rings (SSSR count). The predicted octanol–water partition coefficient (Wildman–Crippen LogP) is 3.93. The van der Waals surface area contributed by atoms with Crippen LogP contribution in [0, 0.1) is 0 Å². The van der Waals surface area contributed by atoms with Crippen molar-refractivity contribution >= 4 is 17.4 Å². The molecule has 2 nitrogen and oxygen atoms in total. The van der Waals surface area contributed by atoms with E-state index in [9.17, 15) is 4.79 Å². The molecule has 1 aliphatic heterocycles. The average molecular weight is 286 g/mol. The predicted molar refractivity (Wildman–Crippen MR) is 81.0 cm³/mol. The van der Waals surface area contributed by atoms with Crippen LogP contribution >= 0.6 is 11.6 Å². The normalized spacial score (nSPS) is 14.2. The van der Waals surface area contributed by atoms with Crippen LogP contribution in [-0.4, -0.2) is 17.2 Å². The summed E-state index contributed by atoms with van der Waals surface area (Å²) in [6.45, 7) is 2.70. The van der Waals surface area contributed by atoms with Crippen LogP contribution in [0.1, 0.15) is 27.9 Å². The molecule has 0 atom stereocenters. The first-order chi connectivity index (χ1) is 9.72. The number of hydrogen-bond donors (Lipinski definition) is 0. The summed E-state index contributed by atoms with van der Waals surface area (Å²) in [6.07, 6.45) is 0.551. The van der Waals surface area contributed by atoms with Gasteiger partial charge in [0.05, 0.1) is 0 Å². The van der Waals surface area contributed by atoms with Crippen LogP contribution in [0.5, 0.6) is 0 Å². The molecule has 0 N–H and O–H groups in total. The van der Waals surface area contributed by atoms with Crippen molar-refractivity contribution in [3.8, 4) is 0 Å². The lowest BCUT2D eigenvalue weighted by Crippen LogP contribution is -2.20. The van der Waals surface area contributed by atoms with Crippen LogP contribution < -0.4 is 0 Å². The summed E-state index contributed by atoms with van der Waals surface area (Å²) < 4.78 is 0. The zero-order valence-electron chi connectivity index (χ0n) is 11.2. The minimum absolute atomic E-state index is 0.178. The van der Waals surface area contributed by atoms with Gasteiger partial charge in [0.2, 0.25) is 0 Å². The minimum Gasteiger partial charge on any atom is -0.294 e. The van der Waals surface area contributed by atoms with Gasteiger partial charge in [-0.1, -0.05) is 35.9 Å². The standard InChI is InChI=1S/C17H16ClNO/c18-16-7-5-13(6-8-16)17(20)9-10-19-11-14-3-1-2-4-15(14)12-19/h1-8H,9-12H2. The Morgan fingerprint density at radius 1 is 1.00 bits per heavy atom. The van der Waals surface area contributed by atoms with Crippen molar-refractivity contribution in [2.24, 2.45) is 0 Å². The Bertz CT molecular complexity index is 596. The number of nitrogens with zero attached hydrogens (tertiary/aromatic N) is 1. The number of rotatable bonds is 4. The molecule has 3 heteroatoms. The summed E-state index contributed by atoms with van der Waals surface area (Å²) >= 11 is 5.83. The molecule has 102 valence electrons. The van der Waals surface area contributed by atoms with Crippen molar-refractivity contribution < 1.29 is 4.79 Å². The molecule has 0 saturated heterocycles. The fourth-order valence-electron chi connectivity index (χ4n) is 2.60. The lowest BCUT2D eigenvalue weighted by atomic mass is 10.1. The Hall–Kier alpha value is -1.64. The zero-order chi connectivity index (χ0) is 13.9. The monoisotopic (exact) mass is 285 g/mol. The smallest absolute Gasteiger partial charge is 0.164 e. The number of Topliss-reactive ketones (excluding diaryl/α,β-unsaturated/α-hetero) is 1. The van der Waals surface area contributed by atoms with Gasteiger partial charge < -0.3 is 0 Å². The third kappa shape index (κ3) is 2.92. The van der Waals surface area contributed by atoms with E-state index in [4.69, 9.17) is 11.6 Å². The fourth-order valence-corrected chi connectivity index (χ4v) is 2.73. The lowest BCUT2D eigenvalue weighted by Gasteiger charge is -2.13. The molecule has 0 saturated carbocycles. The highest BCUT2D eigenvalue weighted by Gasteiger charge is 2.18. The number of hydrogen-bond acceptors (Lipinski definition) is 2. The molecule has 0 fully saturated rings. The van der Waals surface area contributed by atoms with E-state index < -0.39 is 0 Å². The van der Waals surface area contributed by atoms with Gasteiger partial charge >= 0.3 is 0 Å². The van der Waals surface area contributed by atoms with E-state index in [1.165, 1.54) is 11.1 Å². The molecule has 0 bridgehead atoms. The van der Waals surface area contributed by atoms with Gasteiger partial charge in [0.25, 0.3) is 0 Å². The molecule has 0 aliphatic carbocycles. The van der Waals surface area contributed by atoms with E-state index in [1.807, 2.05) is 0 Å². The largest absolute Gasteiger partial charge is 0.294 e. The first-order valence-electron chi connectivity index (χ1n) is 6.80. The minimum atomic E-state index is 0.178. The highest BCUT2D eigenvalue weighted by molar-refractivity contribution is 6.30. The average Bonchev–Trinajstić information content (AvgIpc) is 2.88. The van der Waals surface area contributed by atoms with Gasteiger partial charge in [-0.2, -0.15) is 0 Å². The van der Waals surface area contributed by atoms with Crippen LogP contribution in [0.25, 0.3) is 0 Å². The van der Waals surface area contributed by atoms with E-state index in [0.29, 0.717) is 11.4 Å². The van der Waals surface area contributed by atoms with Crippen molar-refractivity contribution in [2.75, 3.05) is 6.54 Å². The number of carbonyl (C=O) groups is 1. The summed E-state index contributed by atoms with van der Waals surface area (Å²) in [5.41, 5.74) is 3.50. The van der Waals surface area contributed by atoms with Crippen LogP contribution in [-0.2, 0) is 13.1 Å². The number of carbonyl (C=O) groups excluding carboxylic acids is 1. The SMILES string of the molecule is O=C(CCN1Cc2ccccc2C1)c1ccc(Cl)cc1. The van der Waals surface area contributed by atoms with Gasteiger partial charge in [0, 0.05) is 36.6 Å². The van der Waals surface area contributed by atoms with Gasteiger partial charge in [0.1, 0.15) is 0 Å². The Morgan fingerprint density at radius 2 is 1.60 bits per heavy atom. The second-order valence-electron chi connectivity index (χ2n) is 5.16. The van der Waals surface area contributed by atoms with Gasteiger partial charge in [-0.15, -0.1) is 0 Å². The molecule has 2 aromatic rings. The van der Waals surface area contributed by atoms with Crippen molar-refractivity contribution in [3.05, 3.63) is 70.2 Å². The van der Waals surface area contributed by atoms with Gasteiger partial charge in [-0.3, -0.25) is 9.69 Å². The van der Waals surface area contributed by atoms with E-state index >= 15 is 0 Å². The summed E-state index contributed by atoms with van der Waals surface area (Å²) in [4.78, 5) is 14.4.